The minimum absolute atomic E-state index is 0.0547. The van der Waals surface area contributed by atoms with Gasteiger partial charge in [0.1, 0.15) is 23.4 Å². The van der Waals surface area contributed by atoms with Gasteiger partial charge in [-0.25, -0.2) is 9.59 Å². The van der Waals surface area contributed by atoms with E-state index in [1.807, 2.05) is 0 Å². The van der Waals surface area contributed by atoms with E-state index in [9.17, 15) is 60.7 Å². The Kier molecular flexibility index (Phi) is 7.14. The van der Waals surface area contributed by atoms with E-state index in [0.29, 0.717) is 0 Å². The number of ether oxygens (including phenoxy) is 3. The third-order valence-corrected chi connectivity index (χ3v) is 6.64. The summed E-state index contributed by atoms with van der Waals surface area (Å²) in [6.45, 7) is 0. The van der Waals surface area contributed by atoms with E-state index in [0.717, 1.165) is 48.5 Å². The van der Waals surface area contributed by atoms with E-state index >= 15 is 0 Å². The maximum Gasteiger partial charge on any atom is 0.343 e. The molecule has 0 fully saturated rings. The molecule has 0 aliphatic carbocycles. The molecule has 1 aliphatic rings. The molecule has 2 atom stereocenters. The van der Waals surface area contributed by atoms with Crippen molar-refractivity contribution in [1.82, 2.24) is 0 Å². The second-order valence-corrected chi connectivity index (χ2v) is 9.63. The van der Waals surface area contributed by atoms with Gasteiger partial charge in [0.15, 0.2) is 52.1 Å². The maximum absolute atomic E-state index is 13.0. The molecule has 15 nitrogen and oxygen atoms in total. The van der Waals surface area contributed by atoms with Gasteiger partial charge in [-0.3, -0.25) is 0 Å². The number of benzene rings is 4. The van der Waals surface area contributed by atoms with Gasteiger partial charge in [-0.2, -0.15) is 0 Å². The predicted octanol–water partition coefficient (Wildman–Crippen LogP) is 2.86. The number of carbonyl (C=O) groups excluding carboxylic acids is 2. The van der Waals surface area contributed by atoms with E-state index in [4.69, 9.17) is 14.2 Å². The summed E-state index contributed by atoms with van der Waals surface area (Å²) in [5.74, 6) is -10.7. The number of esters is 2. The molecule has 228 valence electrons. The van der Waals surface area contributed by atoms with Crippen molar-refractivity contribution in [2.75, 3.05) is 0 Å². The number of hydrogen-bond donors (Lipinski definition) is 10. The number of hydrogen-bond acceptors (Lipinski definition) is 15. The molecule has 0 spiro atoms. The zero-order valence-electron chi connectivity index (χ0n) is 22.0. The van der Waals surface area contributed by atoms with Crippen molar-refractivity contribution in [3.05, 3.63) is 70.8 Å². The van der Waals surface area contributed by atoms with Gasteiger partial charge in [0, 0.05) is 29.7 Å². The van der Waals surface area contributed by atoms with Gasteiger partial charge in [-0.15, -0.1) is 0 Å². The van der Waals surface area contributed by atoms with Gasteiger partial charge in [-0.1, -0.05) is 0 Å². The van der Waals surface area contributed by atoms with Crippen LogP contribution in [0.15, 0.2) is 48.5 Å². The summed E-state index contributed by atoms with van der Waals surface area (Å²) in [5, 5.41) is 99.4. The lowest BCUT2D eigenvalue weighted by Crippen LogP contribution is -2.34. The SMILES string of the molecule is O=C(Oc1cc([C@H]2Oc3cc(O)cc(O)c3C[C@H]2OC(=O)c2cc(O)c(O)c(O)c2)cc(O)c1O)c1cc(O)c(O)c(O)c1. The maximum atomic E-state index is 13.0. The Morgan fingerprint density at radius 1 is 0.614 bits per heavy atom. The standard InChI is InChI=1S/C29H22O15/c30-13-7-15(31)14-9-23(44-29(41)12-4-18(34)25(38)19(35)5-12)27(42-21(14)8-13)10-1-20(36)26(39)22(6-10)43-28(40)11-2-16(32)24(37)17(33)3-11/h1-8,23,27,30-39H,9H2/t23-,27-/m1/s1. The topological polar surface area (TPSA) is 264 Å². The average Bonchev–Trinajstić information content (AvgIpc) is 2.96. The molecule has 1 aliphatic heterocycles. The Hall–Kier alpha value is -6.38. The number of aromatic hydroxyl groups is 10. The molecule has 15 heteroatoms. The summed E-state index contributed by atoms with van der Waals surface area (Å²) in [6, 6.07) is 7.37. The number of phenolic OH excluding ortho intramolecular Hbond substituents is 10. The molecular weight excluding hydrogens is 588 g/mol. The van der Waals surface area contributed by atoms with E-state index in [1.165, 1.54) is 0 Å². The van der Waals surface area contributed by atoms with Crippen LogP contribution in [0.3, 0.4) is 0 Å². The minimum Gasteiger partial charge on any atom is -0.508 e. The minimum atomic E-state index is -1.38. The molecule has 0 amide bonds. The first-order chi connectivity index (χ1) is 20.7. The molecule has 0 radical (unpaired) electrons. The highest BCUT2D eigenvalue weighted by atomic mass is 16.6. The fourth-order valence-corrected chi connectivity index (χ4v) is 4.50. The Labute approximate surface area is 245 Å². The first-order valence-corrected chi connectivity index (χ1v) is 12.4. The van der Waals surface area contributed by atoms with E-state index < -0.39 is 87.2 Å². The average molecular weight is 610 g/mol. The summed E-state index contributed by atoms with van der Waals surface area (Å²) in [7, 11) is 0. The molecule has 4 aromatic carbocycles. The number of phenols is 10. The molecule has 4 aromatic rings. The quantitative estimate of drug-likeness (QED) is 0.0884. The molecule has 0 saturated carbocycles. The van der Waals surface area contributed by atoms with Gasteiger partial charge in [0.05, 0.1) is 11.1 Å². The highest BCUT2D eigenvalue weighted by Crippen LogP contribution is 2.46. The van der Waals surface area contributed by atoms with Crippen LogP contribution in [0.4, 0.5) is 0 Å². The normalized spacial score (nSPS) is 15.5. The summed E-state index contributed by atoms with van der Waals surface area (Å²) < 4.78 is 16.6. The molecule has 0 aromatic heterocycles. The van der Waals surface area contributed by atoms with Crippen LogP contribution in [0.25, 0.3) is 0 Å². The Bertz CT molecular complexity index is 1780. The van der Waals surface area contributed by atoms with E-state index in [2.05, 4.69) is 0 Å². The fraction of sp³-hybridized carbons (Fsp3) is 0.103. The zero-order valence-corrected chi connectivity index (χ0v) is 22.0. The monoisotopic (exact) mass is 610 g/mol. The van der Waals surface area contributed by atoms with Crippen LogP contribution < -0.4 is 9.47 Å². The van der Waals surface area contributed by atoms with E-state index in [1.54, 1.807) is 0 Å². The highest BCUT2D eigenvalue weighted by Gasteiger charge is 2.38. The van der Waals surface area contributed by atoms with Crippen LogP contribution in [0.5, 0.6) is 69.0 Å². The molecular formula is C29H22O15. The molecule has 0 saturated heterocycles. The lowest BCUT2D eigenvalue weighted by molar-refractivity contribution is -0.0189. The Balaban J connectivity index is 1.53. The predicted molar refractivity (Wildman–Crippen MR) is 144 cm³/mol. The van der Waals surface area contributed by atoms with Gasteiger partial charge >= 0.3 is 11.9 Å². The Morgan fingerprint density at radius 3 is 1.70 bits per heavy atom. The van der Waals surface area contributed by atoms with Crippen LogP contribution in [0.1, 0.15) is 37.9 Å². The third kappa shape index (κ3) is 5.32. The van der Waals surface area contributed by atoms with Crippen molar-refractivity contribution in [3.63, 3.8) is 0 Å². The lowest BCUT2D eigenvalue weighted by atomic mass is 9.93. The van der Waals surface area contributed by atoms with Gasteiger partial charge in [0.2, 0.25) is 5.75 Å². The van der Waals surface area contributed by atoms with Crippen molar-refractivity contribution in [3.8, 4) is 69.0 Å². The van der Waals surface area contributed by atoms with Crippen molar-refractivity contribution >= 4 is 11.9 Å². The highest BCUT2D eigenvalue weighted by molar-refractivity contribution is 5.93. The lowest BCUT2D eigenvalue weighted by Gasteiger charge is -2.34. The van der Waals surface area contributed by atoms with Crippen LogP contribution in [0, 0.1) is 0 Å². The molecule has 5 rings (SSSR count). The Morgan fingerprint density at radius 2 is 1.14 bits per heavy atom. The van der Waals surface area contributed by atoms with Gasteiger partial charge < -0.3 is 65.3 Å². The number of carbonyl (C=O) groups is 2. The smallest absolute Gasteiger partial charge is 0.343 e. The molecule has 44 heavy (non-hydrogen) atoms. The first kappa shape index (κ1) is 29.1. The van der Waals surface area contributed by atoms with Crippen molar-refractivity contribution < 1.29 is 74.9 Å². The second-order valence-electron chi connectivity index (χ2n) is 9.63. The van der Waals surface area contributed by atoms with Crippen LogP contribution >= 0.6 is 0 Å². The number of rotatable bonds is 5. The van der Waals surface area contributed by atoms with E-state index in [-0.39, 0.29) is 34.6 Å². The zero-order chi connectivity index (χ0) is 32.0. The third-order valence-electron chi connectivity index (χ3n) is 6.64. The second kappa shape index (κ2) is 10.8. The first-order valence-electron chi connectivity index (χ1n) is 12.4. The fourth-order valence-electron chi connectivity index (χ4n) is 4.50. The van der Waals surface area contributed by atoms with Gasteiger partial charge in [0.25, 0.3) is 0 Å². The largest absolute Gasteiger partial charge is 0.508 e. The summed E-state index contributed by atoms with van der Waals surface area (Å²) in [4.78, 5) is 25.8. The summed E-state index contributed by atoms with van der Waals surface area (Å²) >= 11 is 0. The summed E-state index contributed by atoms with van der Waals surface area (Å²) in [5.41, 5.74) is -0.805. The molecule has 0 unspecified atom stereocenters. The number of fused-ring (bicyclic) bond motifs is 1. The summed E-state index contributed by atoms with van der Waals surface area (Å²) in [6.07, 6.45) is -2.98. The molecule has 1 heterocycles. The molecule has 10 N–H and O–H groups in total. The molecule has 0 bridgehead atoms. The van der Waals surface area contributed by atoms with Crippen molar-refractivity contribution in [1.29, 1.82) is 0 Å². The van der Waals surface area contributed by atoms with Crippen LogP contribution in [-0.4, -0.2) is 69.1 Å². The van der Waals surface area contributed by atoms with Crippen molar-refractivity contribution in [2.24, 2.45) is 0 Å². The van der Waals surface area contributed by atoms with Crippen LogP contribution in [-0.2, 0) is 11.2 Å². The van der Waals surface area contributed by atoms with Crippen molar-refractivity contribution in [2.45, 2.75) is 18.6 Å². The van der Waals surface area contributed by atoms with Gasteiger partial charge in [-0.05, 0) is 36.4 Å². The van der Waals surface area contributed by atoms with Crippen LogP contribution in [0.2, 0.25) is 0 Å².